The molecule has 1 heterocycles. The van der Waals surface area contributed by atoms with Gasteiger partial charge in [-0.15, -0.1) is 0 Å². The molecule has 164 valence electrons. The fourth-order valence-electron chi connectivity index (χ4n) is 3.67. The van der Waals surface area contributed by atoms with E-state index >= 15 is 0 Å². The van der Waals surface area contributed by atoms with Crippen molar-refractivity contribution in [3.63, 3.8) is 0 Å². The molecule has 1 fully saturated rings. The Morgan fingerprint density at radius 2 is 1.97 bits per heavy atom. The first-order chi connectivity index (χ1) is 14.9. The molecule has 6 nitrogen and oxygen atoms in total. The molecule has 0 aromatic heterocycles. The van der Waals surface area contributed by atoms with Crippen LogP contribution in [0.1, 0.15) is 42.5 Å². The Morgan fingerprint density at radius 1 is 1.19 bits per heavy atom. The number of amides is 1. The van der Waals surface area contributed by atoms with Crippen molar-refractivity contribution in [3.05, 3.63) is 70.5 Å². The Morgan fingerprint density at radius 3 is 2.65 bits per heavy atom. The lowest BCUT2D eigenvalue weighted by Crippen LogP contribution is -2.30. The Labute approximate surface area is 180 Å². The van der Waals surface area contributed by atoms with E-state index in [2.05, 4.69) is 0 Å². The maximum Gasteiger partial charge on any atom is 0.295 e. The van der Waals surface area contributed by atoms with Crippen molar-refractivity contribution in [2.45, 2.75) is 32.7 Å². The summed E-state index contributed by atoms with van der Waals surface area (Å²) in [5.74, 6) is -1.75. The van der Waals surface area contributed by atoms with Gasteiger partial charge in [0.15, 0.2) is 0 Å². The number of Topliss-reactive ketones (excluding diaryl/α,β-unsaturated/α-hetero) is 1. The summed E-state index contributed by atoms with van der Waals surface area (Å²) in [6, 6.07) is 10.1. The average Bonchev–Trinajstić information content (AvgIpc) is 3.02. The first-order valence-corrected chi connectivity index (χ1v) is 10.3. The second-order valence-electron chi connectivity index (χ2n) is 7.45. The highest BCUT2D eigenvalue weighted by molar-refractivity contribution is 6.46. The minimum Gasteiger partial charge on any atom is -0.507 e. The highest BCUT2D eigenvalue weighted by Gasteiger charge is 2.45. The number of carbonyl (C=O) groups is 2. The lowest BCUT2D eigenvalue weighted by Gasteiger charge is -2.25. The Kier molecular flexibility index (Phi) is 7.07. The molecule has 0 radical (unpaired) electrons. The summed E-state index contributed by atoms with van der Waals surface area (Å²) in [6.45, 7) is 3.85. The molecular weight excluding hydrogens is 401 g/mol. The molecule has 2 N–H and O–H groups in total. The summed E-state index contributed by atoms with van der Waals surface area (Å²) in [6.07, 6.45) is 1.52. The van der Waals surface area contributed by atoms with Gasteiger partial charge in [-0.3, -0.25) is 9.59 Å². The van der Waals surface area contributed by atoms with Gasteiger partial charge in [-0.1, -0.05) is 25.5 Å². The number of carbonyl (C=O) groups excluding carboxylic acids is 2. The number of ketones is 1. The highest BCUT2D eigenvalue weighted by atomic mass is 19.1. The van der Waals surface area contributed by atoms with Crippen LogP contribution in [0, 0.1) is 12.7 Å². The SMILES string of the molecule is CCCCN1C(=O)C(=O)/C(=C(\O)c2ccc(F)c(C)c2)C1c1cccc(OCCO)c1. The third kappa shape index (κ3) is 4.61. The number of benzene rings is 2. The van der Waals surface area contributed by atoms with Crippen molar-refractivity contribution in [1.82, 2.24) is 4.90 Å². The molecule has 2 aromatic carbocycles. The first-order valence-electron chi connectivity index (χ1n) is 10.3. The largest absolute Gasteiger partial charge is 0.507 e. The van der Waals surface area contributed by atoms with Crippen LogP contribution in [-0.2, 0) is 9.59 Å². The molecule has 3 rings (SSSR count). The number of nitrogens with zero attached hydrogens (tertiary/aromatic N) is 1. The highest BCUT2D eigenvalue weighted by Crippen LogP contribution is 2.40. The summed E-state index contributed by atoms with van der Waals surface area (Å²) in [5.41, 5.74) is 1.16. The van der Waals surface area contributed by atoms with Gasteiger partial charge in [-0.05, 0) is 54.8 Å². The molecule has 1 aliphatic rings. The molecule has 7 heteroatoms. The summed E-state index contributed by atoms with van der Waals surface area (Å²) >= 11 is 0. The van der Waals surface area contributed by atoms with Gasteiger partial charge in [-0.2, -0.15) is 0 Å². The molecule has 0 spiro atoms. The Hall–Kier alpha value is -3.19. The van der Waals surface area contributed by atoms with Crippen molar-refractivity contribution in [1.29, 1.82) is 0 Å². The molecule has 31 heavy (non-hydrogen) atoms. The maximum atomic E-state index is 13.7. The summed E-state index contributed by atoms with van der Waals surface area (Å²) in [4.78, 5) is 27.2. The zero-order valence-electron chi connectivity index (χ0n) is 17.6. The molecular formula is C24H26FNO5. The molecule has 1 unspecified atom stereocenters. The average molecular weight is 427 g/mol. The van der Waals surface area contributed by atoms with Gasteiger partial charge < -0.3 is 19.8 Å². The van der Waals surface area contributed by atoms with Gasteiger partial charge in [-0.25, -0.2) is 4.39 Å². The van der Waals surface area contributed by atoms with Gasteiger partial charge in [0, 0.05) is 12.1 Å². The number of hydrogen-bond acceptors (Lipinski definition) is 5. The van der Waals surface area contributed by atoms with Gasteiger partial charge in [0.05, 0.1) is 18.2 Å². The van der Waals surface area contributed by atoms with E-state index in [1.165, 1.54) is 23.1 Å². The number of halogens is 1. The molecule has 0 aliphatic carbocycles. The standard InChI is InChI=1S/C24H26FNO5/c1-3-4-10-26-21(16-6-5-7-18(14-16)31-12-11-27)20(23(29)24(26)30)22(28)17-8-9-19(25)15(2)13-17/h5-9,13-14,21,27-28H,3-4,10-12H2,1-2H3/b22-20-. The van der Waals surface area contributed by atoms with Crippen LogP contribution in [-0.4, -0.2) is 46.6 Å². The van der Waals surface area contributed by atoms with Gasteiger partial charge in [0.25, 0.3) is 11.7 Å². The normalized spacial score (nSPS) is 17.9. The molecule has 1 saturated heterocycles. The van der Waals surface area contributed by atoms with Crippen LogP contribution in [0.4, 0.5) is 4.39 Å². The van der Waals surface area contributed by atoms with Crippen molar-refractivity contribution < 1.29 is 28.9 Å². The van der Waals surface area contributed by atoms with E-state index in [0.29, 0.717) is 29.8 Å². The smallest absolute Gasteiger partial charge is 0.295 e. The van der Waals surface area contributed by atoms with E-state index in [0.717, 1.165) is 6.42 Å². The number of aliphatic hydroxyl groups excluding tert-OH is 2. The second kappa shape index (κ2) is 9.75. The predicted molar refractivity (Wildman–Crippen MR) is 114 cm³/mol. The third-order valence-electron chi connectivity index (χ3n) is 5.26. The van der Waals surface area contributed by atoms with Crippen LogP contribution < -0.4 is 4.74 Å². The maximum absolute atomic E-state index is 13.7. The minimum atomic E-state index is -0.797. The van der Waals surface area contributed by atoms with E-state index in [1.54, 1.807) is 31.2 Å². The van der Waals surface area contributed by atoms with E-state index in [9.17, 15) is 19.1 Å². The summed E-state index contributed by atoms with van der Waals surface area (Å²) in [7, 11) is 0. The van der Waals surface area contributed by atoms with Gasteiger partial charge in [0.1, 0.15) is 23.9 Å². The lowest BCUT2D eigenvalue weighted by molar-refractivity contribution is -0.139. The van der Waals surface area contributed by atoms with Crippen LogP contribution in [0.5, 0.6) is 5.75 Å². The molecule has 1 aliphatic heterocycles. The van der Waals surface area contributed by atoms with Gasteiger partial charge >= 0.3 is 0 Å². The van der Waals surface area contributed by atoms with Crippen LogP contribution in [0.15, 0.2) is 48.0 Å². The molecule has 2 aromatic rings. The van der Waals surface area contributed by atoms with Crippen LogP contribution >= 0.6 is 0 Å². The number of ether oxygens (including phenoxy) is 1. The molecule has 1 amide bonds. The topological polar surface area (TPSA) is 87.1 Å². The van der Waals surface area contributed by atoms with E-state index < -0.39 is 23.5 Å². The lowest BCUT2D eigenvalue weighted by atomic mass is 9.94. The number of unbranched alkanes of at least 4 members (excludes halogenated alkanes) is 1. The fraction of sp³-hybridized carbons (Fsp3) is 0.333. The van der Waals surface area contributed by atoms with Crippen molar-refractivity contribution >= 4 is 17.4 Å². The molecule has 0 bridgehead atoms. The van der Waals surface area contributed by atoms with E-state index in [1.807, 2.05) is 6.92 Å². The number of aliphatic hydroxyl groups is 2. The summed E-state index contributed by atoms with van der Waals surface area (Å²) in [5, 5.41) is 20.0. The first kappa shape index (κ1) is 22.5. The van der Waals surface area contributed by atoms with Crippen molar-refractivity contribution in [2.75, 3.05) is 19.8 Å². The number of likely N-dealkylation sites (tertiary alicyclic amines) is 1. The second-order valence-corrected chi connectivity index (χ2v) is 7.45. The summed E-state index contributed by atoms with van der Waals surface area (Å²) < 4.78 is 19.2. The molecule has 1 atom stereocenters. The Bertz CT molecular complexity index is 1020. The van der Waals surface area contributed by atoms with Crippen LogP contribution in [0.25, 0.3) is 5.76 Å². The fourth-order valence-corrected chi connectivity index (χ4v) is 3.67. The predicted octanol–water partition coefficient (Wildman–Crippen LogP) is 3.73. The zero-order valence-corrected chi connectivity index (χ0v) is 17.6. The molecule has 0 saturated carbocycles. The number of rotatable bonds is 8. The van der Waals surface area contributed by atoms with Crippen molar-refractivity contribution in [3.8, 4) is 5.75 Å². The monoisotopic (exact) mass is 427 g/mol. The Balaban J connectivity index is 2.14. The number of aryl methyl sites for hydroxylation is 1. The number of hydrogen-bond donors (Lipinski definition) is 2. The quantitative estimate of drug-likeness (QED) is 0.381. The van der Waals surface area contributed by atoms with E-state index in [-0.39, 0.29) is 30.1 Å². The van der Waals surface area contributed by atoms with Crippen LogP contribution in [0.3, 0.4) is 0 Å². The van der Waals surface area contributed by atoms with Crippen molar-refractivity contribution in [2.24, 2.45) is 0 Å². The van der Waals surface area contributed by atoms with E-state index in [4.69, 9.17) is 9.84 Å². The zero-order chi connectivity index (χ0) is 22.5. The third-order valence-corrected chi connectivity index (χ3v) is 5.26. The van der Waals surface area contributed by atoms with Crippen LogP contribution in [0.2, 0.25) is 0 Å². The van der Waals surface area contributed by atoms with Gasteiger partial charge in [0.2, 0.25) is 0 Å². The minimum absolute atomic E-state index is 0.0357.